The molecule has 2 heterocycles. The first-order valence-corrected chi connectivity index (χ1v) is 9.15. The Kier molecular flexibility index (Phi) is 5.67. The van der Waals surface area contributed by atoms with Gasteiger partial charge in [0.1, 0.15) is 6.04 Å². The fraction of sp³-hybridized carbons (Fsp3) is 0.444. The van der Waals surface area contributed by atoms with Gasteiger partial charge in [0, 0.05) is 38.9 Å². The highest BCUT2D eigenvalue weighted by molar-refractivity contribution is 6.42. The molecule has 1 aromatic carbocycles. The Bertz CT molecular complexity index is 753. The molecule has 0 N–H and O–H groups in total. The third kappa shape index (κ3) is 4.35. The number of benzene rings is 1. The molecule has 5 nitrogen and oxygen atoms in total. The summed E-state index contributed by atoms with van der Waals surface area (Å²) in [5, 5.41) is 5.41. The Morgan fingerprint density at radius 3 is 2.52 bits per heavy atom. The average molecular weight is 381 g/mol. The second kappa shape index (κ2) is 7.77. The highest BCUT2D eigenvalue weighted by atomic mass is 35.5. The van der Waals surface area contributed by atoms with Crippen LogP contribution in [0.25, 0.3) is 0 Å². The van der Waals surface area contributed by atoms with Crippen molar-refractivity contribution in [1.82, 2.24) is 19.6 Å². The van der Waals surface area contributed by atoms with Crippen molar-refractivity contribution in [3.8, 4) is 0 Å². The number of piperazine rings is 1. The number of carbonyl (C=O) groups excluding carboxylic acids is 1. The number of aromatic nitrogens is 2. The summed E-state index contributed by atoms with van der Waals surface area (Å²) in [4.78, 5) is 16.9. The second-order valence-electron chi connectivity index (χ2n) is 6.52. The van der Waals surface area contributed by atoms with E-state index in [1.807, 2.05) is 43.1 Å². The normalized spacial score (nSPS) is 16.9. The summed E-state index contributed by atoms with van der Waals surface area (Å²) in [6.45, 7) is 7.83. The van der Waals surface area contributed by atoms with Gasteiger partial charge in [-0.3, -0.25) is 14.4 Å². The summed E-state index contributed by atoms with van der Waals surface area (Å²) < 4.78 is 1.74. The molecule has 1 atom stereocenters. The Labute approximate surface area is 158 Å². The molecule has 1 fully saturated rings. The highest BCUT2D eigenvalue weighted by Crippen LogP contribution is 2.23. The van der Waals surface area contributed by atoms with Gasteiger partial charge in [0.2, 0.25) is 5.91 Å². The van der Waals surface area contributed by atoms with Crippen LogP contribution >= 0.6 is 23.2 Å². The van der Waals surface area contributed by atoms with E-state index in [1.165, 1.54) is 0 Å². The molecule has 0 aliphatic carbocycles. The SMILES string of the molecule is Cc1cnn(C(C)C(=O)N2CCN(Cc3ccc(Cl)c(Cl)c3)CC2)c1. The maximum Gasteiger partial charge on any atom is 0.247 e. The van der Waals surface area contributed by atoms with Crippen LogP contribution in [0, 0.1) is 6.92 Å². The van der Waals surface area contributed by atoms with Gasteiger partial charge in [-0.2, -0.15) is 5.10 Å². The summed E-state index contributed by atoms with van der Waals surface area (Å²) in [6.07, 6.45) is 3.68. The minimum absolute atomic E-state index is 0.122. The Morgan fingerprint density at radius 2 is 1.92 bits per heavy atom. The number of nitrogens with zero attached hydrogens (tertiary/aromatic N) is 4. The molecule has 7 heteroatoms. The lowest BCUT2D eigenvalue weighted by Gasteiger charge is -2.36. The Balaban J connectivity index is 1.54. The number of carbonyl (C=O) groups is 1. The van der Waals surface area contributed by atoms with Gasteiger partial charge in [-0.05, 0) is 37.1 Å². The third-order valence-electron chi connectivity index (χ3n) is 4.56. The van der Waals surface area contributed by atoms with Gasteiger partial charge in [-0.1, -0.05) is 29.3 Å². The standard InChI is InChI=1S/C18H22Cl2N4O/c1-13-10-21-24(11-13)14(2)18(25)23-7-5-22(6-8-23)12-15-3-4-16(19)17(20)9-15/h3-4,9-11,14H,5-8,12H2,1-2H3. The maximum absolute atomic E-state index is 12.7. The topological polar surface area (TPSA) is 41.4 Å². The van der Waals surface area contributed by atoms with E-state index in [1.54, 1.807) is 10.9 Å². The number of amides is 1. The van der Waals surface area contributed by atoms with Crippen LogP contribution < -0.4 is 0 Å². The van der Waals surface area contributed by atoms with Crippen molar-refractivity contribution in [2.24, 2.45) is 0 Å². The molecule has 1 unspecified atom stereocenters. The van der Waals surface area contributed by atoms with Gasteiger partial charge >= 0.3 is 0 Å². The van der Waals surface area contributed by atoms with Crippen molar-refractivity contribution in [2.75, 3.05) is 26.2 Å². The molecular weight excluding hydrogens is 359 g/mol. The molecule has 1 saturated heterocycles. The Hall–Kier alpha value is -1.56. The van der Waals surface area contributed by atoms with E-state index in [-0.39, 0.29) is 11.9 Å². The summed E-state index contributed by atoms with van der Waals surface area (Å²) in [5.41, 5.74) is 2.20. The van der Waals surface area contributed by atoms with Gasteiger partial charge in [0.15, 0.2) is 0 Å². The predicted molar refractivity (Wildman–Crippen MR) is 100.0 cm³/mol. The van der Waals surface area contributed by atoms with Crippen molar-refractivity contribution in [1.29, 1.82) is 0 Å². The van der Waals surface area contributed by atoms with E-state index >= 15 is 0 Å². The number of hydrogen-bond acceptors (Lipinski definition) is 3. The van der Waals surface area contributed by atoms with Crippen molar-refractivity contribution < 1.29 is 4.79 Å². The van der Waals surface area contributed by atoms with Crippen molar-refractivity contribution in [3.63, 3.8) is 0 Å². The van der Waals surface area contributed by atoms with Crippen LogP contribution in [0.5, 0.6) is 0 Å². The molecule has 0 saturated carbocycles. The predicted octanol–water partition coefficient (Wildman–Crippen LogP) is 3.40. The van der Waals surface area contributed by atoms with Crippen LogP contribution in [0.1, 0.15) is 24.1 Å². The zero-order valence-electron chi connectivity index (χ0n) is 14.5. The second-order valence-corrected chi connectivity index (χ2v) is 7.34. The van der Waals surface area contributed by atoms with E-state index in [9.17, 15) is 4.79 Å². The van der Waals surface area contributed by atoms with Crippen LogP contribution in [0.3, 0.4) is 0 Å². The molecule has 0 bridgehead atoms. The molecule has 2 aromatic rings. The zero-order chi connectivity index (χ0) is 18.0. The monoisotopic (exact) mass is 380 g/mol. The van der Waals surface area contributed by atoms with Crippen LogP contribution in [0.2, 0.25) is 10.0 Å². The lowest BCUT2D eigenvalue weighted by atomic mass is 10.2. The Morgan fingerprint density at radius 1 is 1.20 bits per heavy atom. The van der Waals surface area contributed by atoms with E-state index < -0.39 is 0 Å². The summed E-state index contributed by atoms with van der Waals surface area (Å²) in [7, 11) is 0. The summed E-state index contributed by atoms with van der Waals surface area (Å²) >= 11 is 12.0. The number of halogens is 2. The van der Waals surface area contributed by atoms with Crippen LogP contribution in [0.15, 0.2) is 30.6 Å². The van der Waals surface area contributed by atoms with Crippen LogP contribution in [0.4, 0.5) is 0 Å². The van der Waals surface area contributed by atoms with Gasteiger partial charge in [0.05, 0.1) is 16.2 Å². The highest BCUT2D eigenvalue weighted by Gasteiger charge is 2.26. The molecule has 25 heavy (non-hydrogen) atoms. The van der Waals surface area contributed by atoms with Gasteiger partial charge in [-0.25, -0.2) is 0 Å². The minimum atomic E-state index is -0.268. The minimum Gasteiger partial charge on any atom is -0.338 e. The molecule has 1 aliphatic rings. The lowest BCUT2D eigenvalue weighted by molar-refractivity contribution is -0.136. The van der Waals surface area contributed by atoms with Crippen LogP contribution in [-0.4, -0.2) is 51.7 Å². The lowest BCUT2D eigenvalue weighted by Crippen LogP contribution is -2.49. The van der Waals surface area contributed by atoms with E-state index in [0.29, 0.717) is 10.0 Å². The molecule has 1 aromatic heterocycles. The number of rotatable bonds is 4. The average Bonchev–Trinajstić information content (AvgIpc) is 3.04. The smallest absolute Gasteiger partial charge is 0.247 e. The molecule has 1 aliphatic heterocycles. The molecule has 3 rings (SSSR count). The maximum atomic E-state index is 12.7. The molecule has 0 spiro atoms. The summed E-state index contributed by atoms with van der Waals surface area (Å²) in [5.74, 6) is 0.122. The molecule has 1 amide bonds. The molecular formula is C18H22Cl2N4O. The summed E-state index contributed by atoms with van der Waals surface area (Å²) in [6, 6.07) is 5.46. The van der Waals surface area contributed by atoms with Gasteiger partial charge < -0.3 is 4.90 Å². The molecule has 134 valence electrons. The van der Waals surface area contributed by atoms with E-state index in [4.69, 9.17) is 23.2 Å². The largest absolute Gasteiger partial charge is 0.338 e. The first-order chi connectivity index (χ1) is 11.9. The first-order valence-electron chi connectivity index (χ1n) is 8.40. The quantitative estimate of drug-likeness (QED) is 0.815. The van der Waals surface area contributed by atoms with E-state index in [0.717, 1.165) is 43.9 Å². The van der Waals surface area contributed by atoms with Crippen molar-refractivity contribution >= 4 is 29.1 Å². The number of aryl methyl sites for hydroxylation is 1. The van der Waals surface area contributed by atoms with Crippen LogP contribution in [-0.2, 0) is 11.3 Å². The van der Waals surface area contributed by atoms with Gasteiger partial charge in [0.25, 0.3) is 0 Å². The first kappa shape index (κ1) is 18.2. The van der Waals surface area contributed by atoms with E-state index in [2.05, 4.69) is 10.00 Å². The van der Waals surface area contributed by atoms with Gasteiger partial charge in [-0.15, -0.1) is 0 Å². The van der Waals surface area contributed by atoms with Crippen molar-refractivity contribution in [3.05, 3.63) is 51.8 Å². The fourth-order valence-corrected chi connectivity index (χ4v) is 3.37. The zero-order valence-corrected chi connectivity index (χ0v) is 16.0. The molecule has 0 radical (unpaired) electrons. The van der Waals surface area contributed by atoms with Crippen molar-refractivity contribution in [2.45, 2.75) is 26.4 Å². The number of hydrogen-bond donors (Lipinski definition) is 0. The third-order valence-corrected chi connectivity index (χ3v) is 5.30. The fourth-order valence-electron chi connectivity index (χ4n) is 3.04.